The molecule has 0 aliphatic carbocycles. The maximum absolute atomic E-state index is 13.9. The molecule has 0 unspecified atom stereocenters. The Kier molecular flexibility index (Phi) is 6.36. The van der Waals surface area contributed by atoms with E-state index in [1.807, 2.05) is 0 Å². The lowest BCUT2D eigenvalue weighted by Gasteiger charge is -2.31. The Hall–Kier alpha value is -2.61. The molecule has 1 saturated heterocycles. The van der Waals surface area contributed by atoms with Crippen molar-refractivity contribution in [1.82, 2.24) is 4.90 Å². The first kappa shape index (κ1) is 22.1. The summed E-state index contributed by atoms with van der Waals surface area (Å²) in [6.45, 7) is 3.79. The van der Waals surface area contributed by atoms with E-state index < -0.39 is 38.4 Å². The van der Waals surface area contributed by atoms with Crippen LogP contribution in [-0.4, -0.2) is 43.3 Å². The average Bonchev–Trinajstić information content (AvgIpc) is 2.74. The molecule has 1 aliphatic rings. The number of hydrogen-bond acceptors (Lipinski definition) is 4. The van der Waals surface area contributed by atoms with Crippen LogP contribution in [-0.2, 0) is 9.84 Å². The van der Waals surface area contributed by atoms with E-state index >= 15 is 0 Å². The van der Waals surface area contributed by atoms with E-state index in [0.29, 0.717) is 31.5 Å². The predicted molar refractivity (Wildman–Crippen MR) is 108 cm³/mol. The van der Waals surface area contributed by atoms with Crippen LogP contribution in [0.25, 0.3) is 0 Å². The Bertz CT molecular complexity index is 1060. The predicted octanol–water partition coefficient (Wildman–Crippen LogP) is 3.88. The molecule has 0 bridgehead atoms. The number of hydrogen-bond donors (Lipinski definition) is 0. The summed E-state index contributed by atoms with van der Waals surface area (Å²) in [5, 5.41) is -0.557. The van der Waals surface area contributed by atoms with Crippen LogP contribution in [0.15, 0.2) is 47.4 Å². The lowest BCUT2D eigenvalue weighted by Crippen LogP contribution is -2.40. The standard InChI is InChI=1S/C22H23F2NO4S/c1-14(2)30(28,29)18-6-3-16(4-7-18)22(27)25-11-9-15(10-12-25)21(26)19-13-17(23)5-8-20(19)24/h3-8,13-15H,9-12H2,1-2H3. The molecule has 1 fully saturated rings. The van der Waals surface area contributed by atoms with E-state index in [0.717, 1.165) is 18.2 Å². The topological polar surface area (TPSA) is 71.5 Å². The molecule has 1 aliphatic heterocycles. The van der Waals surface area contributed by atoms with Gasteiger partial charge in [0.1, 0.15) is 11.6 Å². The lowest BCUT2D eigenvalue weighted by atomic mass is 9.88. The molecular formula is C22H23F2NO4S. The normalized spacial score (nSPS) is 15.4. The van der Waals surface area contributed by atoms with Crippen LogP contribution in [0.2, 0.25) is 0 Å². The summed E-state index contributed by atoms with van der Waals surface area (Å²) in [5.74, 6) is -2.62. The van der Waals surface area contributed by atoms with Crippen LogP contribution in [0, 0.1) is 17.6 Å². The number of carbonyl (C=O) groups excluding carboxylic acids is 2. The summed E-state index contributed by atoms with van der Waals surface area (Å²) in [4.78, 5) is 27.0. The monoisotopic (exact) mass is 435 g/mol. The number of ketones is 1. The molecule has 5 nitrogen and oxygen atoms in total. The molecule has 160 valence electrons. The number of rotatable bonds is 5. The minimum absolute atomic E-state index is 0.162. The molecule has 0 spiro atoms. The van der Waals surface area contributed by atoms with Crippen LogP contribution >= 0.6 is 0 Å². The number of Topliss-reactive ketones (excluding diaryl/α,β-unsaturated/α-hetero) is 1. The first-order chi connectivity index (χ1) is 14.1. The van der Waals surface area contributed by atoms with Gasteiger partial charge in [-0.1, -0.05) is 0 Å². The molecule has 0 atom stereocenters. The summed E-state index contributed by atoms with van der Waals surface area (Å²) in [6, 6.07) is 8.61. The van der Waals surface area contributed by atoms with Gasteiger partial charge in [-0.05, 0) is 69.2 Å². The number of piperidine rings is 1. The minimum Gasteiger partial charge on any atom is -0.339 e. The van der Waals surface area contributed by atoms with Crippen molar-refractivity contribution in [3.05, 3.63) is 65.2 Å². The fraction of sp³-hybridized carbons (Fsp3) is 0.364. The van der Waals surface area contributed by atoms with E-state index in [1.165, 1.54) is 24.3 Å². The summed E-state index contributed by atoms with van der Waals surface area (Å²) < 4.78 is 51.6. The van der Waals surface area contributed by atoms with E-state index in [9.17, 15) is 26.8 Å². The smallest absolute Gasteiger partial charge is 0.253 e. The third-order valence-electron chi connectivity index (χ3n) is 5.40. The second-order valence-electron chi connectivity index (χ2n) is 7.67. The molecule has 1 heterocycles. The van der Waals surface area contributed by atoms with Crippen molar-refractivity contribution in [2.45, 2.75) is 36.8 Å². The number of benzene rings is 2. The zero-order valence-corrected chi connectivity index (χ0v) is 17.6. The van der Waals surface area contributed by atoms with Crippen molar-refractivity contribution in [3.63, 3.8) is 0 Å². The van der Waals surface area contributed by atoms with Crippen molar-refractivity contribution in [3.8, 4) is 0 Å². The number of nitrogens with zero attached hydrogens (tertiary/aromatic N) is 1. The number of sulfone groups is 1. The molecule has 2 aromatic rings. The highest BCUT2D eigenvalue weighted by Gasteiger charge is 2.30. The van der Waals surface area contributed by atoms with Gasteiger partial charge in [-0.3, -0.25) is 9.59 Å². The second kappa shape index (κ2) is 8.63. The van der Waals surface area contributed by atoms with Crippen LogP contribution in [0.3, 0.4) is 0 Å². The van der Waals surface area contributed by atoms with E-state index in [1.54, 1.807) is 18.7 Å². The SMILES string of the molecule is CC(C)S(=O)(=O)c1ccc(C(=O)N2CCC(C(=O)c3cc(F)ccc3F)CC2)cc1. The van der Waals surface area contributed by atoms with Gasteiger partial charge in [0.2, 0.25) is 0 Å². The second-order valence-corrected chi connectivity index (χ2v) is 10.2. The molecule has 2 aromatic carbocycles. The van der Waals surface area contributed by atoms with Crippen LogP contribution in [0.1, 0.15) is 47.4 Å². The van der Waals surface area contributed by atoms with E-state index in [4.69, 9.17) is 0 Å². The molecule has 0 saturated carbocycles. The van der Waals surface area contributed by atoms with Crippen LogP contribution in [0.5, 0.6) is 0 Å². The fourth-order valence-electron chi connectivity index (χ4n) is 3.49. The Morgan fingerprint density at radius 1 is 1.00 bits per heavy atom. The van der Waals surface area contributed by atoms with E-state index in [2.05, 4.69) is 0 Å². The zero-order chi connectivity index (χ0) is 22.1. The van der Waals surface area contributed by atoms with Gasteiger partial charge in [0, 0.05) is 24.6 Å². The summed E-state index contributed by atoms with van der Waals surface area (Å²) >= 11 is 0. The maximum Gasteiger partial charge on any atom is 0.253 e. The largest absolute Gasteiger partial charge is 0.339 e. The van der Waals surface area contributed by atoms with Crippen molar-refractivity contribution in [2.24, 2.45) is 5.92 Å². The summed E-state index contributed by atoms with van der Waals surface area (Å²) in [6.07, 6.45) is 0.695. The summed E-state index contributed by atoms with van der Waals surface area (Å²) in [5.41, 5.74) is 0.0976. The van der Waals surface area contributed by atoms with Crippen molar-refractivity contribution in [2.75, 3.05) is 13.1 Å². The lowest BCUT2D eigenvalue weighted by molar-refractivity contribution is 0.0649. The quantitative estimate of drug-likeness (QED) is 0.669. The Balaban J connectivity index is 1.65. The molecule has 0 radical (unpaired) electrons. The molecule has 8 heteroatoms. The highest BCUT2D eigenvalue weighted by molar-refractivity contribution is 7.92. The molecule has 30 heavy (non-hydrogen) atoms. The van der Waals surface area contributed by atoms with Gasteiger partial charge in [-0.15, -0.1) is 0 Å². The Morgan fingerprint density at radius 3 is 2.17 bits per heavy atom. The van der Waals surface area contributed by atoms with Crippen LogP contribution < -0.4 is 0 Å². The number of likely N-dealkylation sites (tertiary alicyclic amines) is 1. The molecule has 3 rings (SSSR count). The van der Waals surface area contributed by atoms with E-state index in [-0.39, 0.29) is 16.4 Å². The molecule has 1 amide bonds. The zero-order valence-electron chi connectivity index (χ0n) is 16.8. The van der Waals surface area contributed by atoms with Gasteiger partial charge >= 0.3 is 0 Å². The maximum atomic E-state index is 13.9. The fourth-order valence-corrected chi connectivity index (χ4v) is 4.55. The average molecular weight is 435 g/mol. The van der Waals surface area contributed by atoms with Gasteiger partial charge in [-0.2, -0.15) is 0 Å². The summed E-state index contributed by atoms with van der Waals surface area (Å²) in [7, 11) is -3.41. The van der Waals surface area contributed by atoms with Gasteiger partial charge < -0.3 is 4.90 Å². The van der Waals surface area contributed by atoms with Crippen molar-refractivity contribution in [1.29, 1.82) is 0 Å². The van der Waals surface area contributed by atoms with Gasteiger partial charge in [-0.25, -0.2) is 17.2 Å². The first-order valence-electron chi connectivity index (χ1n) is 9.73. The van der Waals surface area contributed by atoms with Gasteiger partial charge in [0.25, 0.3) is 5.91 Å². The van der Waals surface area contributed by atoms with Crippen molar-refractivity contribution >= 4 is 21.5 Å². The van der Waals surface area contributed by atoms with Gasteiger partial charge in [0.15, 0.2) is 15.6 Å². The highest BCUT2D eigenvalue weighted by Crippen LogP contribution is 2.25. The third-order valence-corrected chi connectivity index (χ3v) is 7.57. The first-order valence-corrected chi connectivity index (χ1v) is 11.3. The van der Waals surface area contributed by atoms with Crippen LogP contribution in [0.4, 0.5) is 8.78 Å². The van der Waals surface area contributed by atoms with Gasteiger partial charge in [0.05, 0.1) is 15.7 Å². The number of halogens is 2. The Morgan fingerprint density at radius 2 is 1.60 bits per heavy atom. The van der Waals surface area contributed by atoms with Crippen molar-refractivity contribution < 1.29 is 26.8 Å². The minimum atomic E-state index is -3.41. The molecule has 0 N–H and O–H groups in total. The molecule has 0 aromatic heterocycles. The Labute approximate surface area is 174 Å². The highest BCUT2D eigenvalue weighted by atomic mass is 32.2. The third kappa shape index (κ3) is 4.43. The molecular weight excluding hydrogens is 412 g/mol. The number of amides is 1. The number of carbonyl (C=O) groups is 2.